The molecule has 0 radical (unpaired) electrons. The summed E-state index contributed by atoms with van der Waals surface area (Å²) in [5.41, 5.74) is 3.19. The molecule has 0 aliphatic carbocycles. The summed E-state index contributed by atoms with van der Waals surface area (Å²) in [6.07, 6.45) is 1.28. The number of amides is 3. The number of urea groups is 1. The Bertz CT molecular complexity index is 1530. The lowest BCUT2D eigenvalue weighted by atomic mass is 9.89. The van der Waals surface area contributed by atoms with Crippen LogP contribution in [0.4, 0.5) is 10.5 Å². The molecule has 3 amide bonds. The van der Waals surface area contributed by atoms with Crippen LogP contribution in [0.1, 0.15) is 46.4 Å². The molecule has 2 heterocycles. The highest BCUT2D eigenvalue weighted by Gasteiger charge is 2.50. The molecule has 2 bridgehead atoms. The largest absolute Gasteiger partial charge is 0.485 e. The summed E-state index contributed by atoms with van der Waals surface area (Å²) in [6.45, 7) is 2.82. The Hall–Kier alpha value is -4.78. The molecule has 0 spiro atoms. The molecule has 2 N–H and O–H groups in total. The van der Waals surface area contributed by atoms with Crippen LogP contribution in [-0.2, 0) is 13.0 Å². The van der Waals surface area contributed by atoms with Crippen molar-refractivity contribution in [3.63, 3.8) is 0 Å². The van der Waals surface area contributed by atoms with E-state index in [9.17, 15) is 9.59 Å². The van der Waals surface area contributed by atoms with Crippen LogP contribution in [0, 0.1) is 0 Å². The van der Waals surface area contributed by atoms with E-state index in [-0.39, 0.29) is 18.0 Å². The molecule has 2 atom stereocenters. The fraction of sp³-hybridized carbons (Fsp3) is 0.212. The molecule has 0 saturated carbocycles. The summed E-state index contributed by atoms with van der Waals surface area (Å²) in [6, 6.07) is 32.3. The molecule has 2 aliphatic heterocycles. The van der Waals surface area contributed by atoms with Crippen molar-refractivity contribution < 1.29 is 19.1 Å². The van der Waals surface area contributed by atoms with Gasteiger partial charge < -0.3 is 20.1 Å². The van der Waals surface area contributed by atoms with Crippen molar-refractivity contribution in [1.82, 2.24) is 10.6 Å². The van der Waals surface area contributed by atoms with Crippen LogP contribution in [0.2, 0.25) is 0 Å². The summed E-state index contributed by atoms with van der Waals surface area (Å²) in [5.74, 6) is 1.06. The molecule has 6 rings (SSSR count). The number of nitrogens with zero attached hydrogens (tertiary/aromatic N) is 1. The third-order valence-electron chi connectivity index (χ3n) is 7.41. The lowest BCUT2D eigenvalue weighted by Crippen LogP contribution is -2.65. The first-order valence-corrected chi connectivity index (χ1v) is 13.5. The van der Waals surface area contributed by atoms with Gasteiger partial charge in [0, 0.05) is 24.1 Å². The normalized spacial score (nSPS) is 19.2. The second-order valence-electron chi connectivity index (χ2n) is 10.3. The number of hydrogen-bond donors (Lipinski definition) is 2. The van der Waals surface area contributed by atoms with Crippen molar-refractivity contribution in [3.8, 4) is 11.5 Å². The molecule has 2 aliphatic rings. The Labute approximate surface area is 233 Å². The third kappa shape index (κ3) is 5.10. The zero-order chi connectivity index (χ0) is 27.5. The first-order chi connectivity index (χ1) is 19.5. The van der Waals surface area contributed by atoms with Crippen LogP contribution in [0.3, 0.4) is 0 Å². The Morgan fingerprint density at radius 2 is 1.70 bits per heavy atom. The monoisotopic (exact) mass is 533 g/mol. The van der Waals surface area contributed by atoms with Gasteiger partial charge in [0.2, 0.25) is 0 Å². The Balaban J connectivity index is 1.22. The Morgan fingerprint density at radius 3 is 2.48 bits per heavy atom. The standard InChI is InChI=1S/C33H31N3O4/c1-33-21-28(27-16-9-17-29(30(27)40-33)39-22-24-12-6-3-7-13-24)35-32(38)36(33)26-15-8-14-25(20-26)31(37)34-19-18-23-10-4-2-5-11-23/h2-17,20,28H,18-19,21-22H2,1H3,(H,34,37)(H,35,38)/t28-,33-/m1/s1. The first-order valence-electron chi connectivity index (χ1n) is 13.5. The summed E-state index contributed by atoms with van der Waals surface area (Å²) in [5, 5.41) is 6.11. The summed E-state index contributed by atoms with van der Waals surface area (Å²) < 4.78 is 12.8. The van der Waals surface area contributed by atoms with Gasteiger partial charge in [0.1, 0.15) is 6.61 Å². The molecule has 1 fully saturated rings. The van der Waals surface area contributed by atoms with Crippen LogP contribution >= 0.6 is 0 Å². The molecule has 7 nitrogen and oxygen atoms in total. The first kappa shape index (κ1) is 25.5. The second-order valence-corrected chi connectivity index (χ2v) is 10.3. The van der Waals surface area contributed by atoms with Crippen LogP contribution < -0.4 is 25.0 Å². The van der Waals surface area contributed by atoms with E-state index >= 15 is 0 Å². The maximum atomic E-state index is 13.4. The number of carbonyl (C=O) groups excluding carboxylic acids is 2. The van der Waals surface area contributed by atoms with Crippen molar-refractivity contribution in [3.05, 3.63) is 125 Å². The second kappa shape index (κ2) is 10.8. The van der Waals surface area contributed by atoms with Crippen LogP contribution in [-0.4, -0.2) is 24.2 Å². The fourth-order valence-corrected chi connectivity index (χ4v) is 5.45. The lowest BCUT2D eigenvalue weighted by Gasteiger charge is -2.50. The van der Waals surface area contributed by atoms with E-state index < -0.39 is 5.72 Å². The molecule has 0 aromatic heterocycles. The van der Waals surface area contributed by atoms with E-state index in [1.54, 1.807) is 23.1 Å². The molecule has 40 heavy (non-hydrogen) atoms. The van der Waals surface area contributed by atoms with E-state index in [0.29, 0.717) is 42.3 Å². The summed E-state index contributed by atoms with van der Waals surface area (Å²) in [4.78, 5) is 28.0. The molecular formula is C33H31N3O4. The van der Waals surface area contributed by atoms with Crippen molar-refractivity contribution in [1.29, 1.82) is 0 Å². The molecule has 202 valence electrons. The van der Waals surface area contributed by atoms with Gasteiger partial charge in [0.25, 0.3) is 5.91 Å². The lowest BCUT2D eigenvalue weighted by molar-refractivity contribution is 0.0338. The van der Waals surface area contributed by atoms with Crippen LogP contribution in [0.5, 0.6) is 11.5 Å². The van der Waals surface area contributed by atoms with Crippen molar-refractivity contribution in [2.45, 2.75) is 38.1 Å². The third-order valence-corrected chi connectivity index (χ3v) is 7.41. The highest BCUT2D eigenvalue weighted by atomic mass is 16.5. The number of anilines is 1. The van der Waals surface area contributed by atoms with E-state index in [4.69, 9.17) is 9.47 Å². The van der Waals surface area contributed by atoms with E-state index in [2.05, 4.69) is 10.6 Å². The SMILES string of the molecule is C[C@@]12C[C@@H](NC(=O)N1c1cccc(C(=O)NCCc3ccccc3)c1)c1cccc(OCc3ccccc3)c1O2. The number of nitrogens with one attached hydrogen (secondary N) is 2. The summed E-state index contributed by atoms with van der Waals surface area (Å²) in [7, 11) is 0. The number of benzene rings is 4. The predicted octanol–water partition coefficient (Wildman–Crippen LogP) is 6.01. The highest BCUT2D eigenvalue weighted by Crippen LogP contribution is 2.49. The van der Waals surface area contributed by atoms with Gasteiger partial charge in [0.15, 0.2) is 17.2 Å². The minimum atomic E-state index is -0.978. The maximum absolute atomic E-state index is 13.4. The van der Waals surface area contributed by atoms with E-state index in [1.807, 2.05) is 91.9 Å². The summed E-state index contributed by atoms with van der Waals surface area (Å²) >= 11 is 0. The van der Waals surface area contributed by atoms with Crippen LogP contribution in [0.25, 0.3) is 0 Å². The molecule has 1 saturated heterocycles. The van der Waals surface area contributed by atoms with Gasteiger partial charge in [-0.3, -0.25) is 9.69 Å². The van der Waals surface area contributed by atoms with Crippen molar-refractivity contribution >= 4 is 17.6 Å². The topological polar surface area (TPSA) is 79.9 Å². The Morgan fingerprint density at radius 1 is 0.975 bits per heavy atom. The van der Waals surface area contributed by atoms with Gasteiger partial charge in [-0.25, -0.2) is 4.79 Å². The van der Waals surface area contributed by atoms with Gasteiger partial charge >= 0.3 is 6.03 Å². The molecule has 4 aromatic rings. The number of carbonyl (C=O) groups is 2. The molecule has 4 aromatic carbocycles. The zero-order valence-corrected chi connectivity index (χ0v) is 22.3. The zero-order valence-electron chi connectivity index (χ0n) is 22.3. The van der Waals surface area contributed by atoms with Gasteiger partial charge in [0.05, 0.1) is 11.7 Å². The molecule has 0 unspecified atom stereocenters. The predicted molar refractivity (Wildman–Crippen MR) is 154 cm³/mol. The van der Waals surface area contributed by atoms with E-state index in [0.717, 1.165) is 23.1 Å². The van der Waals surface area contributed by atoms with Gasteiger partial charge in [-0.1, -0.05) is 78.9 Å². The minimum absolute atomic E-state index is 0.190. The van der Waals surface area contributed by atoms with Gasteiger partial charge in [-0.2, -0.15) is 0 Å². The quantitative estimate of drug-likeness (QED) is 0.291. The van der Waals surface area contributed by atoms with Gasteiger partial charge in [-0.15, -0.1) is 0 Å². The maximum Gasteiger partial charge on any atom is 0.325 e. The highest BCUT2D eigenvalue weighted by molar-refractivity contribution is 5.99. The molecule has 7 heteroatoms. The Kier molecular flexibility index (Phi) is 6.86. The number of para-hydroxylation sites is 1. The average Bonchev–Trinajstić information content (AvgIpc) is 2.97. The number of rotatable bonds is 8. The van der Waals surface area contributed by atoms with Crippen molar-refractivity contribution in [2.24, 2.45) is 0 Å². The number of hydrogen-bond acceptors (Lipinski definition) is 4. The van der Waals surface area contributed by atoms with Gasteiger partial charge in [-0.05, 0) is 48.7 Å². The fourth-order valence-electron chi connectivity index (χ4n) is 5.45. The van der Waals surface area contributed by atoms with Crippen LogP contribution in [0.15, 0.2) is 103 Å². The van der Waals surface area contributed by atoms with E-state index in [1.165, 1.54) is 0 Å². The average molecular weight is 534 g/mol. The van der Waals surface area contributed by atoms with Crippen molar-refractivity contribution in [2.75, 3.05) is 11.4 Å². The smallest absolute Gasteiger partial charge is 0.325 e. The molecular weight excluding hydrogens is 502 g/mol. The number of ether oxygens (including phenoxy) is 2. The minimum Gasteiger partial charge on any atom is -0.485 e. The number of fused-ring (bicyclic) bond motifs is 4.